The monoisotopic (exact) mass is 385 g/mol. The molecule has 138 valence electrons. The molecule has 0 aliphatic rings. The van der Waals surface area contributed by atoms with Gasteiger partial charge in [0.1, 0.15) is 11.5 Å². The number of amides is 1. The van der Waals surface area contributed by atoms with Crippen molar-refractivity contribution in [3.8, 4) is 0 Å². The summed E-state index contributed by atoms with van der Waals surface area (Å²) in [6.45, 7) is 0. The van der Waals surface area contributed by atoms with Gasteiger partial charge in [0.15, 0.2) is 0 Å². The molecule has 0 atom stereocenters. The second-order valence-electron chi connectivity index (χ2n) is 5.61. The van der Waals surface area contributed by atoms with Crippen LogP contribution < -0.4 is 16.7 Å². The highest BCUT2D eigenvalue weighted by Crippen LogP contribution is 2.14. The second kappa shape index (κ2) is 8.45. The highest BCUT2D eigenvalue weighted by molar-refractivity contribution is 7.99. The van der Waals surface area contributed by atoms with Gasteiger partial charge in [0.05, 0.1) is 5.75 Å². The maximum atomic E-state index is 13.1. The first-order valence-corrected chi connectivity index (χ1v) is 8.97. The number of nitrogens with one attached hydrogen (secondary N) is 1. The number of benzene rings is 2. The van der Waals surface area contributed by atoms with Crippen LogP contribution in [0.15, 0.2) is 64.5 Å². The summed E-state index contributed by atoms with van der Waals surface area (Å²) in [6, 6.07) is 14.9. The number of nitrogens with two attached hydrogens (primary N) is 1. The maximum Gasteiger partial charge on any atom is 0.294 e. The third-order valence-corrected chi connectivity index (χ3v) is 4.53. The van der Waals surface area contributed by atoms with E-state index in [1.165, 1.54) is 18.2 Å². The number of nitrogens with zero attached hydrogens (tertiary/aromatic N) is 3. The molecule has 3 aromatic rings. The van der Waals surface area contributed by atoms with Gasteiger partial charge in [-0.1, -0.05) is 48.2 Å². The van der Waals surface area contributed by atoms with Crippen molar-refractivity contribution < 1.29 is 9.18 Å². The summed E-state index contributed by atoms with van der Waals surface area (Å²) in [4.78, 5) is 24.3. The van der Waals surface area contributed by atoms with Gasteiger partial charge >= 0.3 is 0 Å². The predicted molar refractivity (Wildman–Crippen MR) is 101 cm³/mol. The van der Waals surface area contributed by atoms with E-state index in [4.69, 9.17) is 5.84 Å². The maximum absolute atomic E-state index is 13.1. The van der Waals surface area contributed by atoms with Gasteiger partial charge in [-0.25, -0.2) is 4.39 Å². The topological polar surface area (TPSA) is 103 Å². The molecule has 0 radical (unpaired) electrons. The number of anilines is 1. The molecule has 1 amide bonds. The summed E-state index contributed by atoms with van der Waals surface area (Å²) in [7, 11) is 0. The fraction of sp³-hybridized carbons (Fsp3) is 0.111. The minimum Gasteiger partial charge on any atom is -0.334 e. The van der Waals surface area contributed by atoms with Crippen molar-refractivity contribution in [2.24, 2.45) is 0 Å². The average Bonchev–Trinajstić information content (AvgIpc) is 2.66. The second-order valence-corrected chi connectivity index (χ2v) is 6.56. The van der Waals surface area contributed by atoms with Crippen molar-refractivity contribution in [2.45, 2.75) is 11.6 Å². The summed E-state index contributed by atoms with van der Waals surface area (Å²) in [6.07, 6.45) is 0.314. The molecule has 3 N–H and O–H groups in total. The summed E-state index contributed by atoms with van der Waals surface area (Å²) in [5, 5.41) is 10.6. The average molecular weight is 385 g/mol. The van der Waals surface area contributed by atoms with E-state index in [1.807, 2.05) is 30.3 Å². The number of thioether (sulfide) groups is 1. The van der Waals surface area contributed by atoms with Crippen LogP contribution in [0.25, 0.3) is 0 Å². The molecule has 0 fully saturated rings. The molecule has 0 saturated heterocycles. The molecule has 1 aromatic heterocycles. The Morgan fingerprint density at radius 1 is 1.15 bits per heavy atom. The molecular formula is C18H16FN5O2S. The SMILES string of the molecule is Nn1c(SCC(=O)Nc2cccc(F)c2)nnc(Cc2ccccc2)c1=O. The molecule has 2 aromatic carbocycles. The van der Waals surface area contributed by atoms with E-state index in [0.29, 0.717) is 12.1 Å². The molecule has 0 saturated carbocycles. The van der Waals surface area contributed by atoms with Gasteiger partial charge in [0.2, 0.25) is 11.1 Å². The minimum absolute atomic E-state index is 0.0557. The lowest BCUT2D eigenvalue weighted by molar-refractivity contribution is -0.113. The lowest BCUT2D eigenvalue weighted by Gasteiger charge is -2.08. The Morgan fingerprint density at radius 3 is 2.67 bits per heavy atom. The molecule has 1 heterocycles. The fourth-order valence-corrected chi connectivity index (χ4v) is 2.96. The first-order valence-electron chi connectivity index (χ1n) is 7.99. The molecule has 0 aliphatic heterocycles. The molecule has 0 aliphatic carbocycles. The number of rotatable bonds is 6. The van der Waals surface area contributed by atoms with Crippen molar-refractivity contribution in [2.75, 3.05) is 16.9 Å². The smallest absolute Gasteiger partial charge is 0.294 e. The standard InChI is InChI=1S/C18H16FN5O2S/c19-13-7-4-8-14(10-13)21-16(25)11-27-18-23-22-15(17(26)24(18)20)9-12-5-2-1-3-6-12/h1-8,10H,9,11,20H2,(H,21,25). The third kappa shape index (κ3) is 4.91. The van der Waals surface area contributed by atoms with E-state index in [2.05, 4.69) is 15.5 Å². The Bertz CT molecular complexity index is 1010. The number of carbonyl (C=O) groups is 1. The zero-order valence-corrected chi connectivity index (χ0v) is 14.9. The molecule has 0 bridgehead atoms. The first-order chi connectivity index (χ1) is 13.0. The van der Waals surface area contributed by atoms with Crippen molar-refractivity contribution in [1.29, 1.82) is 0 Å². The minimum atomic E-state index is -0.470. The van der Waals surface area contributed by atoms with E-state index in [1.54, 1.807) is 6.07 Å². The lowest BCUT2D eigenvalue weighted by Crippen LogP contribution is -2.34. The molecule has 0 spiro atoms. The van der Waals surface area contributed by atoms with Crippen LogP contribution in [0.3, 0.4) is 0 Å². The Morgan fingerprint density at radius 2 is 1.93 bits per heavy atom. The fourth-order valence-electron chi connectivity index (χ4n) is 2.31. The van der Waals surface area contributed by atoms with Crippen LogP contribution in [0.5, 0.6) is 0 Å². The largest absolute Gasteiger partial charge is 0.334 e. The van der Waals surface area contributed by atoms with E-state index < -0.39 is 11.4 Å². The number of hydrogen-bond donors (Lipinski definition) is 2. The van der Waals surface area contributed by atoms with E-state index in [-0.39, 0.29) is 22.5 Å². The van der Waals surface area contributed by atoms with Crippen LogP contribution in [-0.2, 0) is 11.2 Å². The number of hydrogen-bond acceptors (Lipinski definition) is 6. The van der Waals surface area contributed by atoms with Crippen molar-refractivity contribution in [3.05, 3.63) is 82.0 Å². The lowest BCUT2D eigenvalue weighted by atomic mass is 10.1. The summed E-state index contributed by atoms with van der Waals surface area (Å²) in [5.41, 5.74) is 1.01. The molecular weight excluding hydrogens is 369 g/mol. The highest BCUT2D eigenvalue weighted by Gasteiger charge is 2.13. The Labute approximate surface area is 158 Å². The summed E-state index contributed by atoms with van der Waals surface area (Å²) < 4.78 is 14.0. The van der Waals surface area contributed by atoms with Crippen LogP contribution in [0, 0.1) is 5.82 Å². The Kier molecular flexibility index (Phi) is 5.82. The van der Waals surface area contributed by atoms with Gasteiger partial charge in [0.25, 0.3) is 5.56 Å². The van der Waals surface area contributed by atoms with Crippen molar-refractivity contribution >= 4 is 23.4 Å². The van der Waals surface area contributed by atoms with Crippen LogP contribution in [0.1, 0.15) is 11.3 Å². The van der Waals surface area contributed by atoms with Gasteiger partial charge < -0.3 is 11.2 Å². The number of carbonyl (C=O) groups excluding carboxylic acids is 1. The van der Waals surface area contributed by atoms with Gasteiger partial charge in [-0.15, -0.1) is 10.2 Å². The summed E-state index contributed by atoms with van der Waals surface area (Å²) >= 11 is 0.966. The Hall–Kier alpha value is -3.20. The predicted octanol–water partition coefficient (Wildman–Crippen LogP) is 1.81. The zero-order valence-electron chi connectivity index (χ0n) is 14.1. The van der Waals surface area contributed by atoms with Crippen LogP contribution >= 0.6 is 11.8 Å². The van der Waals surface area contributed by atoms with E-state index in [0.717, 1.165) is 22.0 Å². The van der Waals surface area contributed by atoms with E-state index >= 15 is 0 Å². The van der Waals surface area contributed by atoms with Crippen LogP contribution in [0.4, 0.5) is 10.1 Å². The van der Waals surface area contributed by atoms with E-state index in [9.17, 15) is 14.0 Å². The normalized spacial score (nSPS) is 10.6. The molecule has 3 rings (SSSR count). The zero-order chi connectivity index (χ0) is 19.2. The molecule has 27 heavy (non-hydrogen) atoms. The quantitative estimate of drug-likeness (QED) is 0.496. The van der Waals surface area contributed by atoms with Gasteiger partial charge in [-0.2, -0.15) is 4.68 Å². The van der Waals surface area contributed by atoms with Crippen LogP contribution in [-0.4, -0.2) is 26.5 Å². The number of halogens is 1. The first kappa shape index (κ1) is 18.6. The van der Waals surface area contributed by atoms with Gasteiger partial charge in [0, 0.05) is 12.1 Å². The molecule has 0 unspecified atom stereocenters. The van der Waals surface area contributed by atoms with Crippen LogP contribution in [0.2, 0.25) is 0 Å². The number of nitrogen functional groups attached to an aromatic ring is 1. The van der Waals surface area contributed by atoms with Crippen molar-refractivity contribution in [3.63, 3.8) is 0 Å². The highest BCUT2D eigenvalue weighted by atomic mass is 32.2. The van der Waals surface area contributed by atoms with Crippen molar-refractivity contribution in [1.82, 2.24) is 14.9 Å². The molecule has 9 heteroatoms. The Balaban J connectivity index is 1.64. The van der Waals surface area contributed by atoms with Gasteiger partial charge in [-0.3, -0.25) is 9.59 Å². The number of aromatic nitrogens is 3. The third-order valence-electron chi connectivity index (χ3n) is 3.58. The molecule has 7 nitrogen and oxygen atoms in total. The summed E-state index contributed by atoms with van der Waals surface area (Å²) in [5.74, 6) is 4.91. The van der Waals surface area contributed by atoms with Gasteiger partial charge in [-0.05, 0) is 23.8 Å².